The summed E-state index contributed by atoms with van der Waals surface area (Å²) in [7, 11) is 0. The van der Waals surface area contributed by atoms with Crippen molar-refractivity contribution < 1.29 is 18.7 Å². The molecular formula is C19H19Cl2FN2O3. The number of ether oxygens (including phenoxy) is 1. The Kier molecular flexibility index (Phi) is 8.36. The van der Waals surface area contributed by atoms with E-state index in [-0.39, 0.29) is 28.9 Å². The van der Waals surface area contributed by atoms with E-state index in [1.54, 1.807) is 18.2 Å². The summed E-state index contributed by atoms with van der Waals surface area (Å²) in [6, 6.07) is 10.3. The van der Waals surface area contributed by atoms with Crippen molar-refractivity contribution >= 4 is 35.0 Å². The second-order valence-corrected chi connectivity index (χ2v) is 6.51. The van der Waals surface area contributed by atoms with Gasteiger partial charge in [0.15, 0.2) is 0 Å². The van der Waals surface area contributed by atoms with Crippen LogP contribution in [0.1, 0.15) is 23.2 Å². The van der Waals surface area contributed by atoms with Crippen LogP contribution in [-0.4, -0.2) is 31.5 Å². The summed E-state index contributed by atoms with van der Waals surface area (Å²) < 4.78 is 18.2. The fraction of sp³-hybridized carbons (Fsp3) is 0.263. The van der Waals surface area contributed by atoms with Crippen LogP contribution in [0.3, 0.4) is 0 Å². The van der Waals surface area contributed by atoms with Crippen molar-refractivity contribution in [2.75, 3.05) is 19.7 Å². The van der Waals surface area contributed by atoms with Gasteiger partial charge in [-0.2, -0.15) is 0 Å². The quantitative estimate of drug-likeness (QED) is 0.614. The molecule has 0 aliphatic rings. The van der Waals surface area contributed by atoms with Crippen LogP contribution in [0.2, 0.25) is 10.0 Å². The second-order valence-electron chi connectivity index (χ2n) is 5.67. The molecule has 5 nitrogen and oxygen atoms in total. The van der Waals surface area contributed by atoms with Crippen molar-refractivity contribution in [2.45, 2.75) is 12.8 Å². The molecule has 27 heavy (non-hydrogen) atoms. The molecule has 2 rings (SSSR count). The zero-order valence-corrected chi connectivity index (χ0v) is 15.9. The SMILES string of the molecule is O=C(CNC(=O)c1ccc(Cl)cc1Cl)NCCCCOc1ccc(F)cc1. The summed E-state index contributed by atoms with van der Waals surface area (Å²) in [5.74, 6) is -0.452. The average molecular weight is 413 g/mol. The number of nitrogens with one attached hydrogen (secondary N) is 2. The Labute approximate surface area is 166 Å². The molecule has 2 amide bonds. The molecule has 0 aliphatic carbocycles. The fourth-order valence-corrected chi connectivity index (χ4v) is 2.66. The van der Waals surface area contributed by atoms with Gasteiger partial charge in [0, 0.05) is 11.6 Å². The molecular weight excluding hydrogens is 394 g/mol. The molecule has 0 aromatic heterocycles. The van der Waals surface area contributed by atoms with E-state index in [2.05, 4.69) is 10.6 Å². The monoisotopic (exact) mass is 412 g/mol. The summed E-state index contributed by atoms with van der Waals surface area (Å²) in [6.07, 6.45) is 1.44. The van der Waals surface area contributed by atoms with Crippen molar-refractivity contribution in [3.05, 3.63) is 63.9 Å². The summed E-state index contributed by atoms with van der Waals surface area (Å²) in [5.41, 5.74) is 0.256. The van der Waals surface area contributed by atoms with Crippen LogP contribution in [-0.2, 0) is 4.79 Å². The number of rotatable bonds is 9. The number of unbranched alkanes of at least 4 members (excludes halogenated alkanes) is 1. The normalized spacial score (nSPS) is 10.3. The minimum absolute atomic E-state index is 0.149. The van der Waals surface area contributed by atoms with Crippen molar-refractivity contribution in [2.24, 2.45) is 0 Å². The van der Waals surface area contributed by atoms with E-state index in [1.807, 2.05) is 0 Å². The number of amides is 2. The zero-order valence-electron chi connectivity index (χ0n) is 14.4. The van der Waals surface area contributed by atoms with Crippen molar-refractivity contribution in [1.82, 2.24) is 10.6 Å². The van der Waals surface area contributed by atoms with Crippen LogP contribution in [0.4, 0.5) is 4.39 Å². The average Bonchev–Trinajstić information content (AvgIpc) is 2.64. The van der Waals surface area contributed by atoms with Gasteiger partial charge in [-0.1, -0.05) is 23.2 Å². The maximum absolute atomic E-state index is 12.8. The number of carbonyl (C=O) groups excluding carboxylic acids is 2. The highest BCUT2D eigenvalue weighted by Crippen LogP contribution is 2.20. The van der Waals surface area contributed by atoms with Gasteiger partial charge in [-0.25, -0.2) is 4.39 Å². The molecule has 0 bridgehead atoms. The first-order valence-electron chi connectivity index (χ1n) is 8.34. The zero-order chi connectivity index (χ0) is 19.6. The molecule has 2 aromatic carbocycles. The van der Waals surface area contributed by atoms with E-state index in [0.717, 1.165) is 6.42 Å². The number of hydrogen-bond donors (Lipinski definition) is 2. The van der Waals surface area contributed by atoms with E-state index < -0.39 is 5.91 Å². The molecule has 0 unspecified atom stereocenters. The lowest BCUT2D eigenvalue weighted by Gasteiger charge is -2.09. The first-order valence-corrected chi connectivity index (χ1v) is 9.09. The van der Waals surface area contributed by atoms with Gasteiger partial charge < -0.3 is 15.4 Å². The molecule has 0 spiro atoms. The Morgan fingerprint density at radius 2 is 1.74 bits per heavy atom. The summed E-state index contributed by atoms with van der Waals surface area (Å²) in [5, 5.41) is 5.86. The maximum Gasteiger partial charge on any atom is 0.253 e. The van der Waals surface area contributed by atoms with Gasteiger partial charge in [0.25, 0.3) is 5.91 Å². The Morgan fingerprint density at radius 1 is 1.00 bits per heavy atom. The minimum atomic E-state index is -0.445. The first kappa shape index (κ1) is 21.0. The van der Waals surface area contributed by atoms with E-state index in [1.165, 1.54) is 24.3 Å². The summed E-state index contributed by atoms with van der Waals surface area (Å²) >= 11 is 11.7. The summed E-state index contributed by atoms with van der Waals surface area (Å²) in [4.78, 5) is 23.8. The molecule has 144 valence electrons. The van der Waals surface area contributed by atoms with E-state index in [0.29, 0.717) is 30.3 Å². The van der Waals surface area contributed by atoms with Gasteiger partial charge in [-0.05, 0) is 55.3 Å². The Morgan fingerprint density at radius 3 is 2.44 bits per heavy atom. The van der Waals surface area contributed by atoms with Gasteiger partial charge >= 0.3 is 0 Å². The Balaban J connectivity index is 1.58. The van der Waals surface area contributed by atoms with Gasteiger partial charge in [-0.15, -0.1) is 0 Å². The molecule has 0 saturated carbocycles. The van der Waals surface area contributed by atoms with Crippen LogP contribution in [0.15, 0.2) is 42.5 Å². The minimum Gasteiger partial charge on any atom is -0.494 e. The van der Waals surface area contributed by atoms with Gasteiger partial charge in [0.1, 0.15) is 11.6 Å². The highest BCUT2D eigenvalue weighted by molar-refractivity contribution is 6.36. The molecule has 2 N–H and O–H groups in total. The lowest BCUT2D eigenvalue weighted by molar-refractivity contribution is -0.120. The van der Waals surface area contributed by atoms with E-state index in [9.17, 15) is 14.0 Å². The maximum atomic E-state index is 12.8. The van der Waals surface area contributed by atoms with Crippen LogP contribution in [0.5, 0.6) is 5.75 Å². The van der Waals surface area contributed by atoms with Crippen LogP contribution in [0, 0.1) is 5.82 Å². The fourth-order valence-electron chi connectivity index (χ4n) is 2.17. The van der Waals surface area contributed by atoms with Crippen LogP contribution >= 0.6 is 23.2 Å². The highest BCUT2D eigenvalue weighted by Gasteiger charge is 2.11. The molecule has 8 heteroatoms. The molecule has 2 aromatic rings. The third kappa shape index (κ3) is 7.45. The third-order valence-corrected chi connectivity index (χ3v) is 4.11. The van der Waals surface area contributed by atoms with E-state index >= 15 is 0 Å². The van der Waals surface area contributed by atoms with E-state index in [4.69, 9.17) is 27.9 Å². The second kappa shape index (κ2) is 10.7. The number of benzene rings is 2. The standard InChI is InChI=1S/C19H19Cl2FN2O3/c20-13-3-8-16(17(21)11-13)19(26)24-12-18(25)23-9-1-2-10-27-15-6-4-14(22)5-7-15/h3-8,11H,1-2,9-10,12H2,(H,23,25)(H,24,26). The lowest BCUT2D eigenvalue weighted by atomic mass is 10.2. The van der Waals surface area contributed by atoms with Crippen LogP contribution in [0.25, 0.3) is 0 Å². The van der Waals surface area contributed by atoms with Gasteiger partial charge in [-0.3, -0.25) is 9.59 Å². The van der Waals surface area contributed by atoms with Crippen molar-refractivity contribution in [3.63, 3.8) is 0 Å². The lowest BCUT2D eigenvalue weighted by Crippen LogP contribution is -2.37. The number of halogens is 3. The van der Waals surface area contributed by atoms with Crippen molar-refractivity contribution in [1.29, 1.82) is 0 Å². The third-order valence-electron chi connectivity index (χ3n) is 3.56. The van der Waals surface area contributed by atoms with Crippen LogP contribution < -0.4 is 15.4 Å². The Hall–Kier alpha value is -2.31. The topological polar surface area (TPSA) is 67.4 Å². The summed E-state index contributed by atoms with van der Waals surface area (Å²) in [6.45, 7) is 0.778. The molecule has 0 radical (unpaired) electrons. The molecule has 0 atom stereocenters. The number of hydrogen-bond acceptors (Lipinski definition) is 3. The van der Waals surface area contributed by atoms with Gasteiger partial charge in [0.05, 0.1) is 23.7 Å². The predicted octanol–water partition coefficient (Wildman–Crippen LogP) is 3.84. The molecule has 0 fully saturated rings. The first-order chi connectivity index (χ1) is 13.0. The largest absolute Gasteiger partial charge is 0.494 e. The molecule has 0 saturated heterocycles. The highest BCUT2D eigenvalue weighted by atomic mass is 35.5. The Bertz CT molecular complexity index is 785. The predicted molar refractivity (Wildman–Crippen MR) is 103 cm³/mol. The van der Waals surface area contributed by atoms with Crippen molar-refractivity contribution in [3.8, 4) is 5.75 Å². The molecule has 0 aliphatic heterocycles. The number of carbonyl (C=O) groups is 2. The smallest absolute Gasteiger partial charge is 0.253 e. The molecule has 0 heterocycles. The van der Waals surface area contributed by atoms with Gasteiger partial charge in [0.2, 0.25) is 5.91 Å².